The summed E-state index contributed by atoms with van der Waals surface area (Å²) in [4.78, 5) is 11.3. The Kier molecular flexibility index (Phi) is 1.16. The van der Waals surface area contributed by atoms with Crippen LogP contribution in [0, 0.1) is 0 Å². The molecule has 3 rings (SSSR count). The molecule has 0 N–H and O–H groups in total. The fourth-order valence-electron chi connectivity index (χ4n) is 1.78. The molecule has 0 bridgehead atoms. The molecule has 1 spiro atoms. The molecule has 1 atom stereocenters. The second-order valence-corrected chi connectivity index (χ2v) is 4.05. The van der Waals surface area contributed by atoms with Crippen molar-refractivity contribution in [3.05, 3.63) is 0 Å². The van der Waals surface area contributed by atoms with E-state index < -0.39 is 0 Å². The maximum Gasteiger partial charge on any atom is 0.338 e. The molecule has 2 saturated carbocycles. The van der Waals surface area contributed by atoms with Crippen molar-refractivity contribution in [2.24, 2.45) is 0 Å². The van der Waals surface area contributed by atoms with Crippen molar-refractivity contribution in [1.82, 2.24) is 0 Å². The maximum atomic E-state index is 11.3. The Labute approximate surface area is 71.0 Å². The van der Waals surface area contributed by atoms with Crippen molar-refractivity contribution >= 4 is 5.97 Å². The van der Waals surface area contributed by atoms with Crippen LogP contribution in [-0.2, 0) is 14.3 Å². The lowest BCUT2D eigenvalue weighted by Crippen LogP contribution is -2.29. The Morgan fingerprint density at radius 1 is 1.42 bits per heavy atom. The first-order valence-electron chi connectivity index (χ1n) is 4.68. The molecule has 66 valence electrons. The van der Waals surface area contributed by atoms with E-state index in [1.54, 1.807) is 0 Å². The number of hydrogen-bond acceptors (Lipinski definition) is 3. The summed E-state index contributed by atoms with van der Waals surface area (Å²) in [6.07, 6.45) is 5.42. The van der Waals surface area contributed by atoms with Crippen molar-refractivity contribution in [2.75, 3.05) is 0 Å². The molecule has 3 nitrogen and oxygen atoms in total. The predicted molar refractivity (Wildman–Crippen MR) is 40.6 cm³/mol. The van der Waals surface area contributed by atoms with E-state index in [4.69, 9.17) is 9.47 Å². The highest BCUT2D eigenvalue weighted by molar-refractivity contribution is 5.80. The Balaban J connectivity index is 1.56. The summed E-state index contributed by atoms with van der Waals surface area (Å²) in [6.45, 7) is 0. The molecule has 2 aliphatic carbocycles. The zero-order valence-corrected chi connectivity index (χ0v) is 6.91. The first-order chi connectivity index (χ1) is 5.80. The molecule has 0 aromatic heterocycles. The summed E-state index contributed by atoms with van der Waals surface area (Å²) in [5.41, 5.74) is -0.0496. The predicted octanol–water partition coefficient (Wildman–Crippen LogP) is 1.01. The highest BCUT2D eigenvalue weighted by Crippen LogP contribution is 2.53. The zero-order valence-electron chi connectivity index (χ0n) is 6.91. The van der Waals surface area contributed by atoms with Gasteiger partial charge in [-0.15, -0.1) is 0 Å². The third-order valence-corrected chi connectivity index (χ3v) is 2.99. The highest BCUT2D eigenvalue weighted by Gasteiger charge is 2.65. The highest BCUT2D eigenvalue weighted by atomic mass is 16.7. The van der Waals surface area contributed by atoms with Gasteiger partial charge in [-0.1, -0.05) is 0 Å². The standard InChI is InChI=1S/C9H12O3/c10-8(11-6-2-3-6)7-9(12-7)4-1-5-9/h6-7H,1-5H2. The molecular formula is C9H12O3. The van der Waals surface area contributed by atoms with Gasteiger partial charge in [0.15, 0.2) is 6.10 Å². The maximum absolute atomic E-state index is 11.3. The molecule has 0 aromatic carbocycles. The van der Waals surface area contributed by atoms with E-state index >= 15 is 0 Å². The van der Waals surface area contributed by atoms with Crippen LogP contribution < -0.4 is 0 Å². The van der Waals surface area contributed by atoms with Crippen LogP contribution in [-0.4, -0.2) is 23.8 Å². The third-order valence-electron chi connectivity index (χ3n) is 2.99. The van der Waals surface area contributed by atoms with Crippen molar-refractivity contribution in [3.8, 4) is 0 Å². The van der Waals surface area contributed by atoms with E-state index in [0.29, 0.717) is 0 Å². The van der Waals surface area contributed by atoms with Crippen molar-refractivity contribution in [3.63, 3.8) is 0 Å². The minimum atomic E-state index is -0.202. The SMILES string of the molecule is O=C(OC1CC1)C1OC12CCC2. The molecule has 1 saturated heterocycles. The van der Waals surface area contributed by atoms with Crippen LogP contribution in [0.1, 0.15) is 32.1 Å². The van der Waals surface area contributed by atoms with E-state index in [2.05, 4.69) is 0 Å². The van der Waals surface area contributed by atoms with Gasteiger partial charge in [0.05, 0.1) is 0 Å². The largest absolute Gasteiger partial charge is 0.460 e. The molecule has 3 aliphatic rings. The van der Waals surface area contributed by atoms with Gasteiger partial charge in [-0.2, -0.15) is 0 Å². The molecule has 1 aliphatic heterocycles. The lowest BCUT2D eigenvalue weighted by Gasteiger charge is -2.20. The fraction of sp³-hybridized carbons (Fsp3) is 0.889. The van der Waals surface area contributed by atoms with Crippen LogP contribution in [0.5, 0.6) is 0 Å². The molecule has 1 heterocycles. The van der Waals surface area contributed by atoms with Gasteiger partial charge in [-0.3, -0.25) is 0 Å². The van der Waals surface area contributed by atoms with E-state index in [1.165, 1.54) is 6.42 Å². The lowest BCUT2D eigenvalue weighted by atomic mass is 9.82. The first-order valence-corrected chi connectivity index (χ1v) is 4.68. The van der Waals surface area contributed by atoms with Crippen molar-refractivity contribution in [1.29, 1.82) is 0 Å². The van der Waals surface area contributed by atoms with Gasteiger partial charge in [-0.25, -0.2) is 4.79 Å². The smallest absolute Gasteiger partial charge is 0.338 e. The van der Waals surface area contributed by atoms with Crippen LogP contribution in [0.4, 0.5) is 0 Å². The summed E-state index contributed by atoms with van der Waals surface area (Å²) >= 11 is 0. The molecular weight excluding hydrogens is 156 g/mol. The van der Waals surface area contributed by atoms with Gasteiger partial charge in [0.1, 0.15) is 11.7 Å². The van der Waals surface area contributed by atoms with Crippen molar-refractivity contribution in [2.45, 2.75) is 49.9 Å². The summed E-state index contributed by atoms with van der Waals surface area (Å²) < 4.78 is 10.5. The summed E-state index contributed by atoms with van der Waals surface area (Å²) in [5.74, 6) is -0.114. The number of epoxide rings is 1. The number of hydrogen-bond donors (Lipinski definition) is 0. The molecule has 1 unspecified atom stereocenters. The van der Waals surface area contributed by atoms with Gasteiger partial charge in [0, 0.05) is 0 Å². The van der Waals surface area contributed by atoms with E-state index in [0.717, 1.165) is 25.7 Å². The number of esters is 1. The van der Waals surface area contributed by atoms with Gasteiger partial charge >= 0.3 is 5.97 Å². The van der Waals surface area contributed by atoms with Gasteiger partial charge in [0.25, 0.3) is 0 Å². The Bertz CT molecular complexity index is 228. The Hall–Kier alpha value is -0.570. The third kappa shape index (κ3) is 0.891. The van der Waals surface area contributed by atoms with Gasteiger partial charge in [-0.05, 0) is 32.1 Å². The van der Waals surface area contributed by atoms with E-state index in [1.807, 2.05) is 0 Å². The minimum Gasteiger partial charge on any atom is -0.460 e. The Morgan fingerprint density at radius 3 is 2.58 bits per heavy atom. The molecule has 12 heavy (non-hydrogen) atoms. The van der Waals surface area contributed by atoms with E-state index in [-0.39, 0.29) is 23.8 Å². The van der Waals surface area contributed by atoms with Gasteiger partial charge in [0.2, 0.25) is 0 Å². The van der Waals surface area contributed by atoms with Crippen molar-refractivity contribution < 1.29 is 14.3 Å². The molecule has 0 amide bonds. The van der Waals surface area contributed by atoms with Crippen LogP contribution in [0.2, 0.25) is 0 Å². The summed E-state index contributed by atoms with van der Waals surface area (Å²) in [7, 11) is 0. The molecule has 3 fully saturated rings. The van der Waals surface area contributed by atoms with E-state index in [9.17, 15) is 4.79 Å². The molecule has 0 aromatic rings. The quantitative estimate of drug-likeness (QED) is 0.456. The van der Waals surface area contributed by atoms with Crippen LogP contribution in [0.3, 0.4) is 0 Å². The second-order valence-electron chi connectivity index (χ2n) is 4.05. The van der Waals surface area contributed by atoms with Crippen LogP contribution in [0.15, 0.2) is 0 Å². The number of rotatable bonds is 2. The number of ether oxygens (including phenoxy) is 2. The Morgan fingerprint density at radius 2 is 2.17 bits per heavy atom. The summed E-state index contributed by atoms with van der Waals surface area (Å²) in [6, 6.07) is 0. The number of carbonyl (C=O) groups is 1. The minimum absolute atomic E-state index is 0.0496. The lowest BCUT2D eigenvalue weighted by molar-refractivity contribution is -0.146. The average molecular weight is 168 g/mol. The average Bonchev–Trinajstić information content (AvgIpc) is 2.79. The van der Waals surface area contributed by atoms with Crippen LogP contribution >= 0.6 is 0 Å². The number of carbonyl (C=O) groups excluding carboxylic acids is 1. The monoisotopic (exact) mass is 168 g/mol. The normalized spacial score (nSPS) is 35.8. The topological polar surface area (TPSA) is 38.8 Å². The summed E-state index contributed by atoms with van der Waals surface area (Å²) in [5, 5.41) is 0. The first kappa shape index (κ1) is 6.89. The van der Waals surface area contributed by atoms with Crippen LogP contribution in [0.25, 0.3) is 0 Å². The zero-order chi connectivity index (χ0) is 8.18. The fourth-order valence-corrected chi connectivity index (χ4v) is 1.78. The second kappa shape index (κ2) is 2.02. The molecule has 3 heteroatoms. The van der Waals surface area contributed by atoms with Gasteiger partial charge < -0.3 is 9.47 Å². The molecule has 0 radical (unpaired) electrons.